The van der Waals surface area contributed by atoms with Crippen LogP contribution in [0.1, 0.15) is 34.8 Å². The maximum atomic E-state index is 13.8. The first-order valence-electron chi connectivity index (χ1n) is 9.43. The van der Waals surface area contributed by atoms with Gasteiger partial charge in [-0.15, -0.1) is 0 Å². The molecule has 0 aliphatic carbocycles. The van der Waals surface area contributed by atoms with Crippen LogP contribution in [0.4, 0.5) is 10.1 Å². The van der Waals surface area contributed by atoms with E-state index in [1.54, 1.807) is 11.1 Å². The lowest BCUT2D eigenvalue weighted by Gasteiger charge is -2.35. The van der Waals surface area contributed by atoms with Crippen LogP contribution in [0.5, 0.6) is 11.5 Å². The number of benzene rings is 2. The summed E-state index contributed by atoms with van der Waals surface area (Å²) in [4.78, 5) is 23.0. The molecule has 2 N–H and O–H groups in total. The van der Waals surface area contributed by atoms with Crippen molar-refractivity contribution in [3.63, 3.8) is 0 Å². The van der Waals surface area contributed by atoms with Gasteiger partial charge < -0.3 is 15.1 Å². The smallest absolute Gasteiger partial charge is 0.262 e. The molecule has 0 fully saturated rings. The number of amides is 1. The zero-order valence-electron chi connectivity index (χ0n) is 16.4. The topological polar surface area (TPSA) is 86.6 Å². The number of hydrogen-bond donors (Lipinski definition) is 2. The molecule has 30 heavy (non-hydrogen) atoms. The number of aromatic nitrogens is 2. The molecule has 6 nitrogen and oxygen atoms in total. The van der Waals surface area contributed by atoms with Gasteiger partial charge in [0.1, 0.15) is 5.75 Å². The maximum Gasteiger partial charge on any atom is 0.262 e. The molecule has 1 aliphatic heterocycles. The summed E-state index contributed by atoms with van der Waals surface area (Å²) in [5, 5.41) is 19.7. The largest absolute Gasteiger partial charge is 0.507 e. The van der Waals surface area contributed by atoms with Gasteiger partial charge in [0.05, 0.1) is 11.3 Å². The number of phenolic OH excluding ortho intramolecular Hbond substituents is 2. The van der Waals surface area contributed by atoms with Gasteiger partial charge in [0.2, 0.25) is 5.28 Å². The molecule has 3 aromatic rings. The average molecular weight is 428 g/mol. The second kappa shape index (κ2) is 7.57. The predicted octanol–water partition coefficient (Wildman–Crippen LogP) is 4.64. The highest BCUT2D eigenvalue weighted by Gasteiger charge is 2.31. The predicted molar refractivity (Wildman–Crippen MR) is 112 cm³/mol. The number of rotatable bonds is 2. The average Bonchev–Trinajstić information content (AvgIpc) is 2.71. The van der Waals surface area contributed by atoms with Crippen molar-refractivity contribution in [2.24, 2.45) is 0 Å². The standard InChI is InChI=1S/C22H19ClFN3O3/c1-11-10-25-22(23)26-20(11)14-5-6-17-13(7-14)4-3-12(2)27(17)21(30)15-8-16(24)19(29)9-18(15)28/h5-10,12,28-29H,3-4H2,1-2H3. The number of carbonyl (C=O) groups excluding carboxylic acids is 1. The van der Waals surface area contributed by atoms with Crippen molar-refractivity contribution in [2.75, 3.05) is 4.90 Å². The van der Waals surface area contributed by atoms with Crippen molar-refractivity contribution in [3.05, 3.63) is 64.3 Å². The number of aryl methyl sites for hydroxylation is 2. The minimum absolute atomic E-state index is 0.151. The SMILES string of the molecule is Cc1cnc(Cl)nc1-c1ccc2c(c1)CCC(C)N2C(=O)c1cc(F)c(O)cc1O. The summed E-state index contributed by atoms with van der Waals surface area (Å²) in [6.45, 7) is 3.79. The van der Waals surface area contributed by atoms with Crippen LogP contribution in [0.15, 0.2) is 36.5 Å². The molecule has 8 heteroatoms. The molecule has 0 saturated heterocycles. The molecule has 1 atom stereocenters. The van der Waals surface area contributed by atoms with E-state index in [2.05, 4.69) is 9.97 Å². The number of halogens is 2. The molecule has 4 rings (SSSR count). The molecule has 0 spiro atoms. The normalized spacial score (nSPS) is 15.7. The fourth-order valence-electron chi connectivity index (χ4n) is 3.77. The molecule has 2 heterocycles. The number of aromatic hydroxyl groups is 2. The van der Waals surface area contributed by atoms with E-state index < -0.39 is 23.2 Å². The van der Waals surface area contributed by atoms with Crippen molar-refractivity contribution >= 4 is 23.2 Å². The molecule has 0 radical (unpaired) electrons. The third kappa shape index (κ3) is 3.45. The first kappa shape index (κ1) is 20.1. The van der Waals surface area contributed by atoms with E-state index >= 15 is 0 Å². The van der Waals surface area contributed by atoms with Gasteiger partial charge in [0.15, 0.2) is 11.6 Å². The Balaban J connectivity index is 1.77. The molecule has 1 aromatic heterocycles. The minimum Gasteiger partial charge on any atom is -0.507 e. The second-order valence-electron chi connectivity index (χ2n) is 7.40. The molecule has 2 aromatic carbocycles. The van der Waals surface area contributed by atoms with Crippen LogP contribution in [-0.2, 0) is 6.42 Å². The van der Waals surface area contributed by atoms with Gasteiger partial charge >= 0.3 is 0 Å². The highest BCUT2D eigenvalue weighted by Crippen LogP contribution is 2.37. The quantitative estimate of drug-likeness (QED) is 0.582. The number of carbonyl (C=O) groups is 1. The Bertz CT molecular complexity index is 1170. The number of nitrogens with zero attached hydrogens (tertiary/aromatic N) is 3. The first-order chi connectivity index (χ1) is 14.3. The van der Waals surface area contributed by atoms with Crippen LogP contribution in [0.2, 0.25) is 5.28 Å². The lowest BCUT2D eigenvalue weighted by molar-refractivity contribution is 0.0972. The minimum atomic E-state index is -0.965. The third-order valence-corrected chi connectivity index (χ3v) is 5.52. The summed E-state index contributed by atoms with van der Waals surface area (Å²) in [6, 6.07) is 7.17. The molecule has 154 valence electrons. The highest BCUT2D eigenvalue weighted by molar-refractivity contribution is 6.28. The third-order valence-electron chi connectivity index (χ3n) is 5.34. The Kier molecular flexibility index (Phi) is 5.07. The second-order valence-corrected chi connectivity index (χ2v) is 7.74. The Labute approximate surface area is 177 Å². The van der Waals surface area contributed by atoms with Crippen molar-refractivity contribution < 1.29 is 19.4 Å². The molecule has 0 bridgehead atoms. The van der Waals surface area contributed by atoms with Crippen LogP contribution in [-0.4, -0.2) is 32.1 Å². The van der Waals surface area contributed by atoms with Gasteiger partial charge in [0, 0.05) is 29.6 Å². The van der Waals surface area contributed by atoms with Crippen LogP contribution in [0.25, 0.3) is 11.3 Å². The number of fused-ring (bicyclic) bond motifs is 1. The first-order valence-corrected chi connectivity index (χ1v) is 9.81. The maximum absolute atomic E-state index is 13.8. The van der Waals surface area contributed by atoms with E-state index in [1.165, 1.54) is 0 Å². The summed E-state index contributed by atoms with van der Waals surface area (Å²) in [7, 11) is 0. The van der Waals surface area contributed by atoms with E-state index in [0.717, 1.165) is 35.2 Å². The highest BCUT2D eigenvalue weighted by atomic mass is 35.5. The van der Waals surface area contributed by atoms with Crippen LogP contribution in [0, 0.1) is 12.7 Å². The Morgan fingerprint density at radius 1 is 1.23 bits per heavy atom. The summed E-state index contributed by atoms with van der Waals surface area (Å²) in [5.41, 5.74) is 3.87. The summed E-state index contributed by atoms with van der Waals surface area (Å²) in [5.74, 6) is -2.68. The van der Waals surface area contributed by atoms with Gasteiger partial charge in [-0.05, 0) is 67.6 Å². The number of anilines is 1. The number of phenols is 2. The summed E-state index contributed by atoms with van der Waals surface area (Å²) < 4.78 is 13.8. The van der Waals surface area contributed by atoms with Crippen LogP contribution >= 0.6 is 11.6 Å². The van der Waals surface area contributed by atoms with Gasteiger partial charge in [-0.3, -0.25) is 4.79 Å². The Morgan fingerprint density at radius 2 is 2.00 bits per heavy atom. The Morgan fingerprint density at radius 3 is 2.77 bits per heavy atom. The van der Waals surface area contributed by atoms with Crippen molar-refractivity contribution in [2.45, 2.75) is 32.7 Å². The van der Waals surface area contributed by atoms with Crippen LogP contribution < -0.4 is 4.90 Å². The lowest BCUT2D eigenvalue weighted by atomic mass is 9.93. The molecule has 1 unspecified atom stereocenters. The zero-order valence-corrected chi connectivity index (χ0v) is 17.1. The van der Waals surface area contributed by atoms with Crippen molar-refractivity contribution in [1.29, 1.82) is 0 Å². The monoisotopic (exact) mass is 427 g/mol. The summed E-state index contributed by atoms with van der Waals surface area (Å²) >= 11 is 5.95. The molecule has 1 aliphatic rings. The van der Waals surface area contributed by atoms with Gasteiger partial charge in [0.25, 0.3) is 5.91 Å². The molecular formula is C22H19ClFN3O3. The lowest BCUT2D eigenvalue weighted by Crippen LogP contribution is -2.42. The van der Waals surface area contributed by atoms with Crippen LogP contribution in [0.3, 0.4) is 0 Å². The van der Waals surface area contributed by atoms with Gasteiger partial charge in [-0.25, -0.2) is 14.4 Å². The fraction of sp³-hybridized carbons (Fsp3) is 0.227. The van der Waals surface area contributed by atoms with E-state index in [4.69, 9.17) is 11.6 Å². The van der Waals surface area contributed by atoms with Gasteiger partial charge in [-0.1, -0.05) is 6.07 Å². The van der Waals surface area contributed by atoms with E-state index in [9.17, 15) is 19.4 Å². The fourth-order valence-corrected chi connectivity index (χ4v) is 3.91. The summed E-state index contributed by atoms with van der Waals surface area (Å²) in [6.07, 6.45) is 3.11. The molecule has 1 amide bonds. The van der Waals surface area contributed by atoms with E-state index in [0.29, 0.717) is 17.8 Å². The van der Waals surface area contributed by atoms with Crippen molar-refractivity contribution in [1.82, 2.24) is 9.97 Å². The van der Waals surface area contributed by atoms with Crippen molar-refractivity contribution in [3.8, 4) is 22.8 Å². The van der Waals surface area contributed by atoms with E-state index in [-0.39, 0.29) is 16.9 Å². The van der Waals surface area contributed by atoms with E-state index in [1.807, 2.05) is 32.0 Å². The Hall–Kier alpha value is -3.19. The van der Waals surface area contributed by atoms with Gasteiger partial charge in [-0.2, -0.15) is 0 Å². The zero-order chi connectivity index (χ0) is 21.6. The molecule has 0 saturated carbocycles. The number of hydrogen-bond acceptors (Lipinski definition) is 5. The molecular weight excluding hydrogens is 409 g/mol.